The van der Waals surface area contributed by atoms with Crippen molar-refractivity contribution >= 4 is 8.96 Å². The molecule has 1 unspecified atom stereocenters. The van der Waals surface area contributed by atoms with Crippen LogP contribution in [0.15, 0.2) is 42.5 Å². The van der Waals surface area contributed by atoms with Gasteiger partial charge in [0.25, 0.3) is 0 Å². The summed E-state index contributed by atoms with van der Waals surface area (Å²) in [6.07, 6.45) is 3.90. The summed E-state index contributed by atoms with van der Waals surface area (Å²) in [5, 5.41) is 3.13. The van der Waals surface area contributed by atoms with Gasteiger partial charge in [-0.1, -0.05) is 30.4 Å². The molecule has 0 aromatic heterocycles. The molecule has 0 amide bonds. The second kappa shape index (κ2) is 7.51. The molecule has 1 atom stereocenters. The molecule has 0 aliphatic rings. The van der Waals surface area contributed by atoms with Crippen LogP contribution in [-0.4, -0.2) is 13.1 Å². The zero-order chi connectivity index (χ0) is 10.1. The lowest BCUT2D eigenvalue weighted by atomic mass is 10.3. The summed E-state index contributed by atoms with van der Waals surface area (Å²) < 4.78 is 5.44. The van der Waals surface area contributed by atoms with Crippen LogP contribution >= 0.6 is 8.96 Å². The molecule has 76 valence electrons. The summed E-state index contributed by atoms with van der Waals surface area (Å²) in [4.78, 5) is 0. The monoisotopic (exact) mass is 210 g/mol. The molecule has 0 saturated carbocycles. The molecule has 1 rings (SSSR count). The molecule has 1 aromatic carbocycles. The minimum atomic E-state index is 0.279. The molecular formula is C10H15N2OP. The quantitative estimate of drug-likeness (QED) is 0.426. The van der Waals surface area contributed by atoms with E-state index in [1.165, 1.54) is 0 Å². The molecule has 3 nitrogen and oxygen atoms in total. The summed E-state index contributed by atoms with van der Waals surface area (Å²) in [6, 6.07) is 9.74. The Balaban J connectivity index is 2.07. The summed E-state index contributed by atoms with van der Waals surface area (Å²) >= 11 is 0. The highest BCUT2D eigenvalue weighted by atomic mass is 31.1. The molecule has 0 fully saturated rings. The van der Waals surface area contributed by atoms with E-state index in [4.69, 9.17) is 10.3 Å². The van der Waals surface area contributed by atoms with Crippen LogP contribution in [-0.2, 0) is 0 Å². The van der Waals surface area contributed by atoms with Crippen LogP contribution in [0.5, 0.6) is 5.75 Å². The predicted octanol–water partition coefficient (Wildman–Crippen LogP) is 1.68. The van der Waals surface area contributed by atoms with Crippen molar-refractivity contribution in [3.63, 3.8) is 0 Å². The van der Waals surface area contributed by atoms with Crippen LogP contribution in [0.3, 0.4) is 0 Å². The Morgan fingerprint density at radius 1 is 1.29 bits per heavy atom. The van der Waals surface area contributed by atoms with Gasteiger partial charge in [0.2, 0.25) is 0 Å². The van der Waals surface area contributed by atoms with E-state index < -0.39 is 0 Å². The van der Waals surface area contributed by atoms with Crippen molar-refractivity contribution in [2.45, 2.75) is 0 Å². The smallest absolute Gasteiger partial charge is 0.146 e. The van der Waals surface area contributed by atoms with Gasteiger partial charge in [0.1, 0.15) is 14.7 Å². The first-order chi connectivity index (χ1) is 6.93. The number of benzene rings is 1. The minimum Gasteiger partial charge on any atom is -0.461 e. The molecule has 0 radical (unpaired) electrons. The Hall–Kier alpha value is -0.890. The lowest BCUT2D eigenvalue weighted by Crippen LogP contribution is -2.03. The first-order valence-corrected chi connectivity index (χ1v) is 5.39. The van der Waals surface area contributed by atoms with Gasteiger partial charge in [-0.25, -0.2) is 0 Å². The molecule has 0 aliphatic heterocycles. The molecule has 0 heterocycles. The van der Waals surface area contributed by atoms with Crippen molar-refractivity contribution < 1.29 is 4.52 Å². The zero-order valence-electron chi connectivity index (χ0n) is 7.94. The number of nitrogens with two attached hydrogens (primary N) is 1. The van der Waals surface area contributed by atoms with E-state index in [1.807, 2.05) is 42.5 Å². The molecule has 1 aromatic rings. The van der Waals surface area contributed by atoms with E-state index in [9.17, 15) is 0 Å². The molecule has 0 saturated heterocycles. The largest absolute Gasteiger partial charge is 0.461 e. The van der Waals surface area contributed by atoms with Gasteiger partial charge in [0.15, 0.2) is 0 Å². The SMILES string of the molecule is NC/C=C\CNPOc1ccccc1. The van der Waals surface area contributed by atoms with E-state index in [2.05, 4.69) is 5.09 Å². The van der Waals surface area contributed by atoms with E-state index in [0.29, 0.717) is 6.54 Å². The third kappa shape index (κ3) is 4.97. The first kappa shape index (κ1) is 11.2. The molecule has 4 heteroatoms. The average Bonchev–Trinajstić information content (AvgIpc) is 2.25. The number of nitrogens with one attached hydrogen (secondary N) is 1. The van der Waals surface area contributed by atoms with Crippen molar-refractivity contribution in [1.29, 1.82) is 0 Å². The van der Waals surface area contributed by atoms with Gasteiger partial charge in [0.05, 0.1) is 0 Å². The third-order valence-electron chi connectivity index (χ3n) is 1.51. The van der Waals surface area contributed by atoms with Crippen molar-refractivity contribution in [1.82, 2.24) is 5.09 Å². The van der Waals surface area contributed by atoms with E-state index in [1.54, 1.807) is 0 Å². The van der Waals surface area contributed by atoms with Crippen LogP contribution in [0, 0.1) is 0 Å². The fraction of sp³-hybridized carbons (Fsp3) is 0.200. The standard InChI is InChI=1S/C10H15N2OP/c11-8-4-5-9-12-14-13-10-6-2-1-3-7-10/h1-7,12,14H,8-9,11H2/b5-4-. The molecule has 0 bridgehead atoms. The van der Waals surface area contributed by atoms with Crippen LogP contribution < -0.4 is 15.3 Å². The summed E-state index contributed by atoms with van der Waals surface area (Å²) in [5.41, 5.74) is 5.29. The van der Waals surface area contributed by atoms with E-state index >= 15 is 0 Å². The Labute approximate surface area is 86.3 Å². The van der Waals surface area contributed by atoms with Gasteiger partial charge in [0, 0.05) is 13.1 Å². The molecule has 0 aliphatic carbocycles. The van der Waals surface area contributed by atoms with Crippen molar-refractivity contribution in [2.75, 3.05) is 13.1 Å². The second-order valence-electron chi connectivity index (χ2n) is 2.61. The third-order valence-corrected chi connectivity index (χ3v) is 2.19. The van der Waals surface area contributed by atoms with Gasteiger partial charge in [-0.2, -0.15) is 0 Å². The van der Waals surface area contributed by atoms with E-state index in [0.717, 1.165) is 12.3 Å². The van der Waals surface area contributed by atoms with Gasteiger partial charge < -0.3 is 10.3 Å². The normalized spacial score (nSPS) is 11.5. The number of rotatable bonds is 6. The second-order valence-corrected chi connectivity index (χ2v) is 3.37. The topological polar surface area (TPSA) is 47.3 Å². The molecule has 3 N–H and O–H groups in total. The fourth-order valence-corrected chi connectivity index (χ4v) is 1.39. The lowest BCUT2D eigenvalue weighted by molar-refractivity contribution is 0.621. The molecule has 0 spiro atoms. The Bertz CT molecular complexity index is 264. The van der Waals surface area contributed by atoms with Crippen molar-refractivity contribution in [3.05, 3.63) is 42.5 Å². The first-order valence-electron chi connectivity index (χ1n) is 4.48. The van der Waals surface area contributed by atoms with Crippen molar-refractivity contribution in [3.8, 4) is 5.75 Å². The lowest BCUT2D eigenvalue weighted by Gasteiger charge is -2.04. The maximum Gasteiger partial charge on any atom is 0.146 e. The van der Waals surface area contributed by atoms with E-state index in [-0.39, 0.29) is 8.96 Å². The van der Waals surface area contributed by atoms with Gasteiger partial charge in [-0.15, -0.1) is 0 Å². The minimum absolute atomic E-state index is 0.279. The maximum absolute atomic E-state index is 5.44. The van der Waals surface area contributed by atoms with Gasteiger partial charge in [-0.05, 0) is 12.1 Å². The number of hydrogen-bond acceptors (Lipinski definition) is 3. The number of hydrogen-bond donors (Lipinski definition) is 2. The summed E-state index contributed by atoms with van der Waals surface area (Å²) in [6.45, 7) is 1.38. The Morgan fingerprint density at radius 2 is 2.07 bits per heavy atom. The van der Waals surface area contributed by atoms with Crippen LogP contribution in [0.2, 0.25) is 0 Å². The average molecular weight is 210 g/mol. The zero-order valence-corrected chi connectivity index (χ0v) is 8.94. The Morgan fingerprint density at radius 3 is 2.79 bits per heavy atom. The highest BCUT2D eigenvalue weighted by molar-refractivity contribution is 7.30. The fourth-order valence-electron chi connectivity index (χ4n) is 0.864. The maximum atomic E-state index is 5.44. The van der Waals surface area contributed by atoms with Gasteiger partial charge in [-0.3, -0.25) is 5.09 Å². The summed E-state index contributed by atoms with van der Waals surface area (Å²) in [5.74, 6) is 0.890. The van der Waals surface area contributed by atoms with Crippen LogP contribution in [0.1, 0.15) is 0 Å². The Kier molecular flexibility index (Phi) is 6.00. The summed E-state index contributed by atoms with van der Waals surface area (Å²) in [7, 11) is 0.279. The highest BCUT2D eigenvalue weighted by Crippen LogP contribution is 2.16. The molecular weight excluding hydrogens is 195 g/mol. The number of para-hydroxylation sites is 1. The van der Waals surface area contributed by atoms with Crippen molar-refractivity contribution in [2.24, 2.45) is 5.73 Å². The van der Waals surface area contributed by atoms with Crippen LogP contribution in [0.4, 0.5) is 0 Å². The van der Waals surface area contributed by atoms with Crippen LogP contribution in [0.25, 0.3) is 0 Å². The van der Waals surface area contributed by atoms with Gasteiger partial charge >= 0.3 is 0 Å². The highest BCUT2D eigenvalue weighted by Gasteiger charge is 1.88. The molecule has 14 heavy (non-hydrogen) atoms. The predicted molar refractivity (Wildman–Crippen MR) is 61.6 cm³/mol.